The Balaban J connectivity index is 3.94. The largest absolute Gasteiger partial charge is 0.477 e. The second-order valence-electron chi connectivity index (χ2n) is 2.76. The lowest BCUT2D eigenvalue weighted by Crippen LogP contribution is -2.14. The van der Waals surface area contributed by atoms with Gasteiger partial charge in [-0.15, -0.1) is 5.73 Å². The van der Waals surface area contributed by atoms with Crippen LogP contribution in [0.3, 0.4) is 0 Å². The summed E-state index contributed by atoms with van der Waals surface area (Å²) in [5.74, 6) is -0.926. The first kappa shape index (κ1) is 13.1. The van der Waals surface area contributed by atoms with Crippen molar-refractivity contribution >= 4 is 15.5 Å². The maximum Gasteiger partial charge on any atom is 0.339 e. The zero-order valence-corrected chi connectivity index (χ0v) is 10.2. The van der Waals surface area contributed by atoms with Crippen molar-refractivity contribution in [3.05, 3.63) is 17.0 Å². The molecule has 4 nitrogen and oxygen atoms in total. The molecular weight excluding hydrogens is 200 g/mol. The minimum absolute atomic E-state index is 0.176. The first-order valence-corrected chi connectivity index (χ1v) is 6.14. The highest BCUT2D eigenvalue weighted by Crippen LogP contribution is 1.97. The molecule has 0 heterocycles. The Morgan fingerprint density at radius 3 is 2.57 bits per heavy atom. The van der Waals surface area contributed by atoms with Crippen molar-refractivity contribution in [2.24, 2.45) is 0 Å². The number of ether oxygens (including phenoxy) is 2. The number of carboxylic acid groups (broad SMARTS) is 1. The van der Waals surface area contributed by atoms with E-state index in [-0.39, 0.29) is 11.9 Å². The molecule has 0 amide bonds. The molecule has 0 aliphatic carbocycles. The van der Waals surface area contributed by atoms with Gasteiger partial charge in [-0.25, -0.2) is 4.79 Å². The predicted octanol–water partition coefficient (Wildman–Crippen LogP) is 0.336. The number of hydrogen-bond donors (Lipinski definition) is 1. The molecule has 0 aliphatic rings. The summed E-state index contributed by atoms with van der Waals surface area (Å²) in [7, 11) is 2.67. The number of rotatable bonds is 6. The fourth-order valence-corrected chi connectivity index (χ4v) is 2.20. The van der Waals surface area contributed by atoms with Gasteiger partial charge < -0.3 is 14.6 Å². The van der Waals surface area contributed by atoms with Gasteiger partial charge in [-0.2, -0.15) is 0 Å². The van der Waals surface area contributed by atoms with E-state index in [0.29, 0.717) is 0 Å². The average Bonchev–Trinajstić information content (AvgIpc) is 2.17. The SMILES string of the molecule is COC(C[SiH2]C=C=C(C)C(=O)O)OC. The Morgan fingerprint density at radius 2 is 2.14 bits per heavy atom. The zero-order valence-electron chi connectivity index (χ0n) is 8.74. The highest BCUT2D eigenvalue weighted by atomic mass is 28.2. The Kier molecular flexibility index (Phi) is 7.05. The number of carbonyl (C=O) groups is 1. The van der Waals surface area contributed by atoms with Gasteiger partial charge in [0.05, 0.1) is 15.1 Å². The molecule has 80 valence electrons. The molecule has 0 bridgehead atoms. The minimum Gasteiger partial charge on any atom is -0.477 e. The number of methoxy groups -OCH3 is 2. The van der Waals surface area contributed by atoms with Gasteiger partial charge in [0.1, 0.15) is 0 Å². The first-order chi connectivity index (χ1) is 6.61. The smallest absolute Gasteiger partial charge is 0.339 e. The van der Waals surface area contributed by atoms with E-state index in [0.717, 1.165) is 6.04 Å². The molecule has 0 aromatic heterocycles. The molecule has 14 heavy (non-hydrogen) atoms. The molecule has 0 fully saturated rings. The van der Waals surface area contributed by atoms with E-state index in [4.69, 9.17) is 14.6 Å². The highest BCUT2D eigenvalue weighted by molar-refractivity contribution is 6.42. The van der Waals surface area contributed by atoms with Gasteiger partial charge in [0.15, 0.2) is 6.29 Å². The van der Waals surface area contributed by atoms with Crippen molar-refractivity contribution in [2.75, 3.05) is 14.2 Å². The molecule has 0 rings (SSSR count). The summed E-state index contributed by atoms with van der Waals surface area (Å²) in [6.45, 7) is 1.53. The molecule has 5 heteroatoms. The first-order valence-electron chi connectivity index (χ1n) is 4.32. The third kappa shape index (κ3) is 5.72. The lowest BCUT2D eigenvalue weighted by molar-refractivity contribution is -0.132. The zero-order chi connectivity index (χ0) is 11.0. The number of aliphatic carboxylic acids is 1. The van der Waals surface area contributed by atoms with E-state index in [1.54, 1.807) is 14.2 Å². The van der Waals surface area contributed by atoms with Gasteiger partial charge in [0.25, 0.3) is 0 Å². The summed E-state index contributed by atoms with van der Waals surface area (Å²) >= 11 is 0. The van der Waals surface area contributed by atoms with E-state index >= 15 is 0 Å². The quantitative estimate of drug-likeness (QED) is 0.301. The van der Waals surface area contributed by atoms with Crippen molar-refractivity contribution in [1.82, 2.24) is 0 Å². The van der Waals surface area contributed by atoms with Gasteiger partial charge >= 0.3 is 5.97 Å². The van der Waals surface area contributed by atoms with Crippen LogP contribution < -0.4 is 0 Å². The number of hydrogen-bond acceptors (Lipinski definition) is 3. The molecule has 1 N–H and O–H groups in total. The lowest BCUT2D eigenvalue weighted by Gasteiger charge is -2.10. The van der Waals surface area contributed by atoms with Crippen molar-refractivity contribution < 1.29 is 19.4 Å². The highest BCUT2D eigenvalue weighted by Gasteiger charge is 2.02. The molecule has 0 unspecified atom stereocenters. The molecule has 0 atom stereocenters. The van der Waals surface area contributed by atoms with Crippen LogP contribution in [-0.2, 0) is 14.3 Å². The molecule has 0 radical (unpaired) electrons. The Hall–Kier alpha value is -0.873. The van der Waals surface area contributed by atoms with Crippen LogP contribution in [0.15, 0.2) is 17.0 Å². The maximum atomic E-state index is 10.4. The van der Waals surface area contributed by atoms with Crippen LogP contribution >= 0.6 is 0 Å². The van der Waals surface area contributed by atoms with Crippen LogP contribution in [0.2, 0.25) is 6.04 Å². The van der Waals surface area contributed by atoms with Crippen LogP contribution in [0.1, 0.15) is 6.92 Å². The molecular formula is C9H16O4Si. The van der Waals surface area contributed by atoms with E-state index < -0.39 is 15.5 Å². The van der Waals surface area contributed by atoms with E-state index in [1.807, 2.05) is 5.70 Å². The van der Waals surface area contributed by atoms with Crippen LogP contribution in [0.5, 0.6) is 0 Å². The third-order valence-electron chi connectivity index (χ3n) is 1.71. The van der Waals surface area contributed by atoms with Crippen molar-refractivity contribution in [2.45, 2.75) is 19.3 Å². The molecule has 0 saturated heterocycles. The minimum atomic E-state index is -0.926. The van der Waals surface area contributed by atoms with E-state index in [2.05, 4.69) is 5.73 Å². The summed E-state index contributed by atoms with van der Waals surface area (Å²) in [5.41, 5.74) is 4.78. The molecule has 0 aromatic carbocycles. The summed E-state index contributed by atoms with van der Waals surface area (Å²) < 4.78 is 9.99. The Morgan fingerprint density at radius 1 is 1.57 bits per heavy atom. The van der Waals surface area contributed by atoms with Crippen molar-refractivity contribution in [1.29, 1.82) is 0 Å². The van der Waals surface area contributed by atoms with Crippen LogP contribution in [0, 0.1) is 0 Å². The van der Waals surface area contributed by atoms with Gasteiger partial charge in [0, 0.05) is 14.2 Å². The van der Waals surface area contributed by atoms with Crippen LogP contribution in [-0.4, -0.2) is 41.1 Å². The monoisotopic (exact) mass is 216 g/mol. The van der Waals surface area contributed by atoms with Crippen LogP contribution in [0.25, 0.3) is 0 Å². The van der Waals surface area contributed by atoms with Gasteiger partial charge in [-0.05, 0) is 13.0 Å². The fraction of sp³-hybridized carbons (Fsp3) is 0.556. The predicted molar refractivity (Wildman–Crippen MR) is 56.1 cm³/mol. The van der Waals surface area contributed by atoms with Gasteiger partial charge in [-0.1, -0.05) is 5.70 Å². The normalized spacial score (nSPS) is 10.6. The topological polar surface area (TPSA) is 55.8 Å². The molecule has 0 spiro atoms. The summed E-state index contributed by atoms with van der Waals surface area (Å²) in [6, 6.07) is 0.826. The van der Waals surface area contributed by atoms with Crippen molar-refractivity contribution in [3.63, 3.8) is 0 Å². The van der Waals surface area contributed by atoms with Crippen LogP contribution in [0.4, 0.5) is 0 Å². The molecule has 0 saturated carbocycles. The standard InChI is InChI=1S/C9H16O4Si/c1-7(9(10)11)4-5-14-6-8(12-2)13-3/h5,8H,6,14H2,1-3H3,(H,10,11). The summed E-state index contributed by atoms with van der Waals surface area (Å²) in [6.07, 6.45) is -0.176. The summed E-state index contributed by atoms with van der Waals surface area (Å²) in [4.78, 5) is 10.4. The fourth-order valence-electron chi connectivity index (χ4n) is 0.838. The average molecular weight is 216 g/mol. The Labute approximate surface area is 86.0 Å². The molecule has 0 aromatic rings. The third-order valence-corrected chi connectivity index (χ3v) is 3.01. The number of carboxylic acids is 1. The lowest BCUT2D eigenvalue weighted by atomic mass is 10.3. The molecule has 0 aliphatic heterocycles. The summed E-state index contributed by atoms with van der Waals surface area (Å²) in [5, 5.41) is 8.53. The van der Waals surface area contributed by atoms with E-state index in [9.17, 15) is 4.79 Å². The van der Waals surface area contributed by atoms with Crippen molar-refractivity contribution in [3.8, 4) is 0 Å². The second-order valence-corrected chi connectivity index (χ2v) is 4.32. The van der Waals surface area contributed by atoms with Gasteiger partial charge in [0.2, 0.25) is 0 Å². The second kappa shape index (κ2) is 7.52. The Bertz CT molecular complexity index is 239. The maximum absolute atomic E-state index is 10.4. The van der Waals surface area contributed by atoms with E-state index in [1.165, 1.54) is 6.92 Å². The van der Waals surface area contributed by atoms with Gasteiger partial charge in [-0.3, -0.25) is 0 Å².